The fourth-order valence-electron chi connectivity index (χ4n) is 1.42. The Morgan fingerprint density at radius 3 is 3.06 bits per heavy atom. The second-order valence-corrected chi connectivity index (χ2v) is 4.56. The van der Waals surface area contributed by atoms with Crippen LogP contribution in [-0.2, 0) is 11.2 Å². The maximum Gasteiger partial charge on any atom is 0.248 e. The minimum absolute atomic E-state index is 0.0493. The van der Waals surface area contributed by atoms with Crippen LogP contribution in [0.15, 0.2) is 21.3 Å². The van der Waals surface area contributed by atoms with Gasteiger partial charge in [0.25, 0.3) is 0 Å². The Morgan fingerprint density at radius 1 is 1.65 bits per heavy atom. The van der Waals surface area contributed by atoms with Gasteiger partial charge in [-0.2, -0.15) is 16.3 Å². The molecule has 6 heteroatoms. The minimum atomic E-state index is -0.262. The molecule has 2 aromatic rings. The van der Waals surface area contributed by atoms with E-state index in [-0.39, 0.29) is 11.9 Å². The molecule has 0 aliphatic rings. The molecular formula is C11H13N3O2S. The topological polar surface area (TPSA) is 68.0 Å². The van der Waals surface area contributed by atoms with Gasteiger partial charge in [-0.15, -0.1) is 0 Å². The number of nitrogens with one attached hydrogen (secondary N) is 1. The zero-order valence-electron chi connectivity index (χ0n) is 9.64. The standard InChI is InChI=1S/C11H13N3O2S/c1-7(11-13-8(2)14-16-11)12-10(15)5-9-3-4-17-6-9/h3-4,6-7H,5H2,1-2H3,(H,12,15)/t7-/m1/s1. The van der Waals surface area contributed by atoms with Gasteiger partial charge in [-0.25, -0.2) is 0 Å². The molecule has 2 aromatic heterocycles. The first-order chi connectivity index (χ1) is 8.15. The molecule has 0 aliphatic carbocycles. The van der Waals surface area contributed by atoms with E-state index in [2.05, 4.69) is 15.5 Å². The Morgan fingerprint density at radius 2 is 2.47 bits per heavy atom. The van der Waals surface area contributed by atoms with Gasteiger partial charge in [0.1, 0.15) is 6.04 Å². The zero-order valence-corrected chi connectivity index (χ0v) is 10.5. The zero-order chi connectivity index (χ0) is 12.3. The summed E-state index contributed by atoms with van der Waals surface area (Å²) in [5.74, 6) is 0.951. The summed E-state index contributed by atoms with van der Waals surface area (Å²) >= 11 is 1.58. The third-order valence-corrected chi connectivity index (χ3v) is 2.97. The lowest BCUT2D eigenvalue weighted by Crippen LogP contribution is -2.28. The molecule has 90 valence electrons. The monoisotopic (exact) mass is 251 g/mol. The molecule has 0 spiro atoms. The summed E-state index contributed by atoms with van der Waals surface area (Å²) in [6.07, 6.45) is 0.376. The molecule has 1 amide bonds. The third kappa shape index (κ3) is 3.13. The van der Waals surface area contributed by atoms with Crippen LogP contribution < -0.4 is 5.32 Å². The Bertz CT molecular complexity index is 493. The third-order valence-electron chi connectivity index (χ3n) is 2.24. The van der Waals surface area contributed by atoms with Crippen molar-refractivity contribution in [1.29, 1.82) is 0 Å². The van der Waals surface area contributed by atoms with Crippen molar-refractivity contribution in [3.63, 3.8) is 0 Å². The van der Waals surface area contributed by atoms with Crippen LogP contribution in [0.2, 0.25) is 0 Å². The van der Waals surface area contributed by atoms with Crippen LogP contribution >= 0.6 is 11.3 Å². The summed E-state index contributed by atoms with van der Waals surface area (Å²) in [4.78, 5) is 15.8. The van der Waals surface area contributed by atoms with Gasteiger partial charge in [-0.05, 0) is 36.2 Å². The van der Waals surface area contributed by atoms with Crippen molar-refractivity contribution in [2.75, 3.05) is 0 Å². The van der Waals surface area contributed by atoms with Gasteiger partial charge >= 0.3 is 0 Å². The average molecular weight is 251 g/mol. The van der Waals surface area contributed by atoms with Crippen molar-refractivity contribution in [2.24, 2.45) is 0 Å². The van der Waals surface area contributed by atoms with E-state index in [0.717, 1.165) is 5.56 Å². The number of amides is 1. The lowest BCUT2D eigenvalue weighted by atomic mass is 10.2. The van der Waals surface area contributed by atoms with Crippen molar-refractivity contribution < 1.29 is 9.32 Å². The lowest BCUT2D eigenvalue weighted by molar-refractivity contribution is -0.121. The molecule has 1 N–H and O–H groups in total. The van der Waals surface area contributed by atoms with E-state index in [4.69, 9.17) is 4.52 Å². The van der Waals surface area contributed by atoms with E-state index in [1.165, 1.54) is 0 Å². The highest BCUT2D eigenvalue weighted by molar-refractivity contribution is 7.07. The number of thiophene rings is 1. The highest BCUT2D eigenvalue weighted by atomic mass is 32.1. The van der Waals surface area contributed by atoms with E-state index >= 15 is 0 Å². The van der Waals surface area contributed by atoms with Crippen molar-refractivity contribution in [2.45, 2.75) is 26.3 Å². The Kier molecular flexibility index (Phi) is 3.53. The first-order valence-corrected chi connectivity index (χ1v) is 6.20. The number of carbonyl (C=O) groups excluding carboxylic acids is 1. The molecule has 17 heavy (non-hydrogen) atoms. The van der Waals surface area contributed by atoms with Crippen LogP contribution in [0.5, 0.6) is 0 Å². The van der Waals surface area contributed by atoms with Crippen molar-refractivity contribution in [3.8, 4) is 0 Å². The van der Waals surface area contributed by atoms with Gasteiger partial charge < -0.3 is 9.84 Å². The van der Waals surface area contributed by atoms with Crippen LogP contribution in [0.25, 0.3) is 0 Å². The highest BCUT2D eigenvalue weighted by Crippen LogP contribution is 2.11. The largest absolute Gasteiger partial charge is 0.344 e. The molecule has 0 radical (unpaired) electrons. The number of nitrogens with zero attached hydrogens (tertiary/aromatic N) is 2. The summed E-state index contributed by atoms with van der Waals surface area (Å²) in [7, 11) is 0. The summed E-state index contributed by atoms with van der Waals surface area (Å²) in [6, 6.07) is 1.67. The molecule has 2 heterocycles. The molecule has 5 nitrogen and oxygen atoms in total. The summed E-state index contributed by atoms with van der Waals surface area (Å²) in [6.45, 7) is 3.56. The molecule has 0 unspecified atom stereocenters. The van der Waals surface area contributed by atoms with Crippen molar-refractivity contribution in [1.82, 2.24) is 15.5 Å². The van der Waals surface area contributed by atoms with Crippen LogP contribution in [0.4, 0.5) is 0 Å². The molecule has 0 fully saturated rings. The van der Waals surface area contributed by atoms with Crippen LogP contribution in [-0.4, -0.2) is 16.0 Å². The normalized spacial score (nSPS) is 12.4. The van der Waals surface area contributed by atoms with Crippen LogP contribution in [0, 0.1) is 6.92 Å². The number of carbonyl (C=O) groups is 1. The van der Waals surface area contributed by atoms with Gasteiger partial charge in [0.2, 0.25) is 11.8 Å². The van der Waals surface area contributed by atoms with Crippen LogP contribution in [0.1, 0.15) is 30.2 Å². The van der Waals surface area contributed by atoms with Gasteiger partial charge in [-0.1, -0.05) is 5.16 Å². The molecule has 0 saturated carbocycles. The molecular weight excluding hydrogens is 238 g/mol. The SMILES string of the molecule is Cc1noc([C@@H](C)NC(=O)Cc2ccsc2)n1. The molecule has 0 aromatic carbocycles. The van der Waals surface area contributed by atoms with E-state index in [1.807, 2.05) is 23.8 Å². The van der Waals surface area contributed by atoms with E-state index in [0.29, 0.717) is 18.1 Å². The maximum absolute atomic E-state index is 11.7. The molecule has 0 aliphatic heterocycles. The molecule has 0 saturated heterocycles. The predicted octanol–water partition coefficient (Wildman–Crippen LogP) is 1.86. The summed E-state index contributed by atoms with van der Waals surface area (Å²) in [5.41, 5.74) is 1.02. The first-order valence-electron chi connectivity index (χ1n) is 5.26. The smallest absolute Gasteiger partial charge is 0.248 e. The fourth-order valence-corrected chi connectivity index (χ4v) is 2.09. The van der Waals surface area contributed by atoms with Crippen molar-refractivity contribution >= 4 is 17.2 Å². The van der Waals surface area contributed by atoms with Gasteiger partial charge in [-0.3, -0.25) is 4.79 Å². The number of aromatic nitrogens is 2. The van der Waals surface area contributed by atoms with Gasteiger partial charge in [0.05, 0.1) is 6.42 Å². The second kappa shape index (κ2) is 5.09. The fraction of sp³-hybridized carbons (Fsp3) is 0.364. The molecule has 2 rings (SSSR count). The van der Waals surface area contributed by atoms with Crippen molar-refractivity contribution in [3.05, 3.63) is 34.1 Å². The summed E-state index contributed by atoms with van der Waals surface area (Å²) in [5, 5.41) is 10.4. The van der Waals surface area contributed by atoms with E-state index in [1.54, 1.807) is 18.3 Å². The Hall–Kier alpha value is -1.69. The maximum atomic E-state index is 11.7. The van der Waals surface area contributed by atoms with Gasteiger partial charge in [0.15, 0.2) is 5.82 Å². The number of hydrogen-bond donors (Lipinski definition) is 1. The van der Waals surface area contributed by atoms with Gasteiger partial charge in [0, 0.05) is 0 Å². The number of rotatable bonds is 4. The van der Waals surface area contributed by atoms with Crippen LogP contribution in [0.3, 0.4) is 0 Å². The number of hydrogen-bond acceptors (Lipinski definition) is 5. The first kappa shape index (κ1) is 11.8. The predicted molar refractivity (Wildman–Crippen MR) is 63.6 cm³/mol. The number of aryl methyl sites for hydroxylation is 1. The molecule has 0 bridgehead atoms. The second-order valence-electron chi connectivity index (χ2n) is 3.78. The Balaban J connectivity index is 1.90. The lowest BCUT2D eigenvalue weighted by Gasteiger charge is -2.08. The summed E-state index contributed by atoms with van der Waals surface area (Å²) < 4.78 is 4.99. The Labute approximate surface area is 103 Å². The molecule has 1 atom stereocenters. The minimum Gasteiger partial charge on any atom is -0.344 e. The highest BCUT2D eigenvalue weighted by Gasteiger charge is 2.15. The average Bonchev–Trinajstić information content (AvgIpc) is 2.89. The van der Waals surface area contributed by atoms with E-state index < -0.39 is 0 Å². The van der Waals surface area contributed by atoms with E-state index in [9.17, 15) is 4.79 Å². The quantitative estimate of drug-likeness (QED) is 0.900.